The lowest BCUT2D eigenvalue weighted by Gasteiger charge is -2.44. The second-order valence-electron chi connectivity index (χ2n) is 6.84. The quantitative estimate of drug-likeness (QED) is 0.856. The number of sulfone groups is 1. The highest BCUT2D eigenvalue weighted by Gasteiger charge is 2.33. The summed E-state index contributed by atoms with van der Waals surface area (Å²) in [5.74, 6) is 1.58. The van der Waals surface area contributed by atoms with Crippen LogP contribution in [0.2, 0.25) is 0 Å². The van der Waals surface area contributed by atoms with Crippen LogP contribution in [0.15, 0.2) is 0 Å². The van der Waals surface area contributed by atoms with Gasteiger partial charge in [-0.25, -0.2) is 8.42 Å². The number of nitrogens with one attached hydrogen (secondary N) is 1. The average molecular weight is 300 g/mol. The van der Waals surface area contributed by atoms with Crippen LogP contribution in [-0.2, 0) is 9.84 Å². The molecule has 3 unspecified atom stereocenters. The predicted molar refractivity (Wildman–Crippen MR) is 81.6 cm³/mol. The standard InChI is InChI=1S/C15H28N2O2S/c18-20(19)11-8-16-14(12-20)7-10-17-9-3-5-13-4-1-2-6-15(13)17/h13-16H,1-12H2. The van der Waals surface area contributed by atoms with Gasteiger partial charge < -0.3 is 10.2 Å². The van der Waals surface area contributed by atoms with E-state index in [0.717, 1.165) is 24.9 Å². The molecule has 3 atom stereocenters. The predicted octanol–water partition coefficient (Wildman–Crippen LogP) is 1.42. The van der Waals surface area contributed by atoms with Crippen LogP contribution in [0, 0.1) is 5.92 Å². The number of likely N-dealkylation sites (tertiary alicyclic amines) is 1. The van der Waals surface area contributed by atoms with Crippen LogP contribution < -0.4 is 5.32 Å². The van der Waals surface area contributed by atoms with Crippen molar-refractivity contribution in [2.24, 2.45) is 5.92 Å². The molecule has 0 bridgehead atoms. The summed E-state index contributed by atoms with van der Waals surface area (Å²) in [7, 11) is -2.79. The Bertz CT molecular complexity index is 422. The van der Waals surface area contributed by atoms with Gasteiger partial charge >= 0.3 is 0 Å². The Labute approximate surface area is 123 Å². The van der Waals surface area contributed by atoms with E-state index in [1.165, 1.54) is 45.1 Å². The molecule has 3 aliphatic rings. The third kappa shape index (κ3) is 3.55. The maximum atomic E-state index is 11.7. The van der Waals surface area contributed by atoms with Gasteiger partial charge in [-0.2, -0.15) is 0 Å². The smallest absolute Gasteiger partial charge is 0.153 e. The van der Waals surface area contributed by atoms with Crippen LogP contribution in [-0.4, -0.2) is 56.5 Å². The molecule has 1 N–H and O–H groups in total. The van der Waals surface area contributed by atoms with Crippen molar-refractivity contribution >= 4 is 9.84 Å². The van der Waals surface area contributed by atoms with E-state index in [-0.39, 0.29) is 6.04 Å². The van der Waals surface area contributed by atoms with E-state index in [9.17, 15) is 8.42 Å². The summed E-state index contributed by atoms with van der Waals surface area (Å²) in [6.45, 7) is 2.94. The molecule has 4 nitrogen and oxygen atoms in total. The molecule has 0 spiro atoms. The zero-order chi connectivity index (χ0) is 14.0. The van der Waals surface area contributed by atoms with Gasteiger partial charge in [0.05, 0.1) is 11.5 Å². The van der Waals surface area contributed by atoms with E-state index in [0.29, 0.717) is 18.1 Å². The molecular weight excluding hydrogens is 272 g/mol. The lowest BCUT2D eigenvalue weighted by molar-refractivity contribution is 0.0582. The Morgan fingerprint density at radius 1 is 1.10 bits per heavy atom. The number of fused-ring (bicyclic) bond motifs is 1. The molecule has 0 radical (unpaired) electrons. The summed E-state index contributed by atoms with van der Waals surface area (Å²) in [5, 5.41) is 3.38. The summed E-state index contributed by atoms with van der Waals surface area (Å²) < 4.78 is 23.4. The highest BCUT2D eigenvalue weighted by Crippen LogP contribution is 2.35. The van der Waals surface area contributed by atoms with Crippen LogP contribution in [0.3, 0.4) is 0 Å². The zero-order valence-electron chi connectivity index (χ0n) is 12.4. The van der Waals surface area contributed by atoms with Gasteiger partial charge in [0.1, 0.15) is 0 Å². The second-order valence-corrected chi connectivity index (χ2v) is 9.07. The SMILES string of the molecule is O=S1(=O)CCNC(CCN2CCCC3CCCCC32)C1. The zero-order valence-corrected chi connectivity index (χ0v) is 13.2. The number of nitrogens with zero attached hydrogens (tertiary/aromatic N) is 1. The maximum Gasteiger partial charge on any atom is 0.153 e. The maximum absolute atomic E-state index is 11.7. The van der Waals surface area contributed by atoms with Crippen molar-refractivity contribution < 1.29 is 8.42 Å². The van der Waals surface area contributed by atoms with E-state index in [1.54, 1.807) is 0 Å². The lowest BCUT2D eigenvalue weighted by atomic mass is 9.78. The van der Waals surface area contributed by atoms with Crippen LogP contribution in [0.1, 0.15) is 44.9 Å². The van der Waals surface area contributed by atoms with Gasteiger partial charge in [0.25, 0.3) is 0 Å². The number of hydrogen-bond acceptors (Lipinski definition) is 4. The Hall–Kier alpha value is -0.130. The number of hydrogen-bond donors (Lipinski definition) is 1. The van der Waals surface area contributed by atoms with Gasteiger partial charge in [0.15, 0.2) is 9.84 Å². The van der Waals surface area contributed by atoms with Crippen molar-refractivity contribution in [3.8, 4) is 0 Å². The summed E-state index contributed by atoms with van der Waals surface area (Å²) in [5.41, 5.74) is 0. The molecule has 0 aromatic rings. The molecule has 2 heterocycles. The molecule has 1 aliphatic carbocycles. The average Bonchev–Trinajstić information content (AvgIpc) is 2.44. The first-order valence-electron chi connectivity index (χ1n) is 8.32. The molecule has 2 saturated heterocycles. The van der Waals surface area contributed by atoms with Crippen molar-refractivity contribution in [2.45, 2.75) is 57.0 Å². The van der Waals surface area contributed by atoms with Crippen LogP contribution >= 0.6 is 0 Å². The molecule has 116 valence electrons. The van der Waals surface area contributed by atoms with E-state index >= 15 is 0 Å². The lowest BCUT2D eigenvalue weighted by Crippen LogP contribution is -2.50. The fraction of sp³-hybridized carbons (Fsp3) is 1.00. The minimum atomic E-state index is -2.79. The van der Waals surface area contributed by atoms with E-state index in [2.05, 4.69) is 10.2 Å². The normalized spacial score (nSPS) is 38.3. The van der Waals surface area contributed by atoms with Gasteiger partial charge in [-0.05, 0) is 51.1 Å². The fourth-order valence-electron chi connectivity index (χ4n) is 4.38. The minimum Gasteiger partial charge on any atom is -0.312 e. The summed E-state index contributed by atoms with van der Waals surface area (Å²) in [6, 6.07) is 0.968. The van der Waals surface area contributed by atoms with Gasteiger partial charge in [-0.1, -0.05) is 12.8 Å². The summed E-state index contributed by atoms with van der Waals surface area (Å²) in [6.07, 6.45) is 9.31. The third-order valence-corrected chi connectivity index (χ3v) is 7.16. The van der Waals surface area contributed by atoms with Crippen molar-refractivity contribution in [2.75, 3.05) is 31.1 Å². The first kappa shape index (κ1) is 14.8. The Morgan fingerprint density at radius 3 is 2.75 bits per heavy atom. The first-order chi connectivity index (χ1) is 9.64. The topological polar surface area (TPSA) is 49.4 Å². The first-order valence-corrected chi connectivity index (χ1v) is 10.1. The third-order valence-electron chi connectivity index (χ3n) is 5.42. The van der Waals surface area contributed by atoms with Crippen molar-refractivity contribution in [3.63, 3.8) is 0 Å². The minimum absolute atomic E-state index is 0.178. The van der Waals surface area contributed by atoms with Crippen LogP contribution in [0.5, 0.6) is 0 Å². The van der Waals surface area contributed by atoms with Crippen molar-refractivity contribution in [3.05, 3.63) is 0 Å². The highest BCUT2D eigenvalue weighted by molar-refractivity contribution is 7.91. The monoisotopic (exact) mass is 300 g/mol. The molecule has 2 aliphatic heterocycles. The Kier molecular flexibility index (Phi) is 4.68. The molecule has 3 fully saturated rings. The number of rotatable bonds is 3. The van der Waals surface area contributed by atoms with Gasteiger partial charge in [0.2, 0.25) is 0 Å². The second kappa shape index (κ2) is 6.32. The van der Waals surface area contributed by atoms with E-state index in [1.807, 2.05) is 0 Å². The van der Waals surface area contributed by atoms with Gasteiger partial charge in [-0.3, -0.25) is 0 Å². The molecule has 20 heavy (non-hydrogen) atoms. The molecular formula is C15H28N2O2S. The molecule has 0 aromatic heterocycles. The Balaban J connectivity index is 1.52. The van der Waals surface area contributed by atoms with E-state index in [4.69, 9.17) is 0 Å². The molecule has 3 rings (SSSR count). The van der Waals surface area contributed by atoms with Crippen LogP contribution in [0.25, 0.3) is 0 Å². The molecule has 5 heteroatoms. The largest absolute Gasteiger partial charge is 0.312 e. The van der Waals surface area contributed by atoms with Gasteiger partial charge in [0, 0.05) is 18.6 Å². The van der Waals surface area contributed by atoms with Crippen LogP contribution in [0.4, 0.5) is 0 Å². The summed E-state index contributed by atoms with van der Waals surface area (Å²) in [4.78, 5) is 2.66. The molecule has 0 aromatic carbocycles. The fourth-order valence-corrected chi connectivity index (χ4v) is 5.87. The van der Waals surface area contributed by atoms with Gasteiger partial charge in [-0.15, -0.1) is 0 Å². The summed E-state index contributed by atoms with van der Waals surface area (Å²) >= 11 is 0. The highest BCUT2D eigenvalue weighted by atomic mass is 32.2. The van der Waals surface area contributed by atoms with Crippen molar-refractivity contribution in [1.29, 1.82) is 0 Å². The molecule has 0 amide bonds. The molecule has 1 saturated carbocycles. The Morgan fingerprint density at radius 2 is 1.90 bits per heavy atom. The van der Waals surface area contributed by atoms with Crippen molar-refractivity contribution in [1.82, 2.24) is 10.2 Å². The van der Waals surface area contributed by atoms with E-state index < -0.39 is 9.84 Å². The number of piperidine rings is 1.